The zero-order valence-electron chi connectivity index (χ0n) is 11.2. The van der Waals surface area contributed by atoms with Gasteiger partial charge in [0.15, 0.2) is 11.5 Å². The molecule has 3 rings (SSSR count). The Morgan fingerprint density at radius 1 is 1.29 bits per heavy atom. The highest BCUT2D eigenvalue weighted by Gasteiger charge is 2.06. The van der Waals surface area contributed by atoms with Crippen LogP contribution in [0.5, 0.6) is 0 Å². The SMILES string of the molecule is Cn1ncc2c(N/N=C\c3ccc(C#N)cc3)ncnc21. The van der Waals surface area contributed by atoms with E-state index in [0.717, 1.165) is 16.6 Å². The molecule has 0 unspecified atom stereocenters. The first-order valence-electron chi connectivity index (χ1n) is 6.20. The Kier molecular flexibility index (Phi) is 3.27. The molecule has 0 atom stereocenters. The van der Waals surface area contributed by atoms with Crippen LogP contribution in [0, 0.1) is 11.3 Å². The first kappa shape index (κ1) is 12.7. The Balaban J connectivity index is 1.79. The molecule has 2 aromatic heterocycles. The minimum Gasteiger partial charge on any atom is -0.261 e. The quantitative estimate of drug-likeness (QED) is 0.581. The maximum absolute atomic E-state index is 8.74. The van der Waals surface area contributed by atoms with Crippen molar-refractivity contribution in [3.63, 3.8) is 0 Å². The fourth-order valence-corrected chi connectivity index (χ4v) is 1.86. The number of nitrogens with zero attached hydrogens (tertiary/aromatic N) is 6. The maximum Gasteiger partial charge on any atom is 0.163 e. The monoisotopic (exact) mass is 277 g/mol. The third-order valence-electron chi connectivity index (χ3n) is 2.95. The lowest BCUT2D eigenvalue weighted by Gasteiger charge is -2.00. The number of hydrogen-bond donors (Lipinski definition) is 1. The summed E-state index contributed by atoms with van der Waals surface area (Å²) >= 11 is 0. The van der Waals surface area contributed by atoms with Gasteiger partial charge in [-0.1, -0.05) is 12.1 Å². The number of nitriles is 1. The number of rotatable bonds is 3. The van der Waals surface area contributed by atoms with E-state index in [9.17, 15) is 0 Å². The van der Waals surface area contributed by atoms with Gasteiger partial charge in [0.25, 0.3) is 0 Å². The molecule has 0 saturated carbocycles. The summed E-state index contributed by atoms with van der Waals surface area (Å²) < 4.78 is 1.67. The minimum absolute atomic E-state index is 0.595. The lowest BCUT2D eigenvalue weighted by Crippen LogP contribution is -1.97. The minimum atomic E-state index is 0.595. The fourth-order valence-electron chi connectivity index (χ4n) is 1.86. The van der Waals surface area contributed by atoms with Crippen molar-refractivity contribution in [1.82, 2.24) is 19.7 Å². The molecule has 1 aromatic carbocycles. The molecule has 102 valence electrons. The van der Waals surface area contributed by atoms with Gasteiger partial charge in [-0.25, -0.2) is 9.97 Å². The van der Waals surface area contributed by atoms with Crippen LogP contribution in [0.1, 0.15) is 11.1 Å². The normalized spacial score (nSPS) is 10.9. The van der Waals surface area contributed by atoms with E-state index in [-0.39, 0.29) is 0 Å². The number of aryl methyl sites for hydroxylation is 1. The summed E-state index contributed by atoms with van der Waals surface area (Å²) in [5.41, 5.74) is 5.12. The molecule has 21 heavy (non-hydrogen) atoms. The van der Waals surface area contributed by atoms with Crippen molar-refractivity contribution in [2.45, 2.75) is 0 Å². The predicted octanol–water partition coefficient (Wildman–Crippen LogP) is 1.68. The average Bonchev–Trinajstić information content (AvgIpc) is 2.91. The Labute approximate surface area is 120 Å². The molecule has 2 heterocycles. The van der Waals surface area contributed by atoms with Crippen LogP contribution >= 0.6 is 0 Å². The molecular weight excluding hydrogens is 266 g/mol. The van der Waals surface area contributed by atoms with E-state index >= 15 is 0 Å². The van der Waals surface area contributed by atoms with Crippen LogP contribution in [0.15, 0.2) is 41.9 Å². The third-order valence-corrected chi connectivity index (χ3v) is 2.95. The highest BCUT2D eigenvalue weighted by Crippen LogP contribution is 2.17. The molecule has 0 aliphatic carbocycles. The Morgan fingerprint density at radius 3 is 2.86 bits per heavy atom. The van der Waals surface area contributed by atoms with Crippen molar-refractivity contribution < 1.29 is 0 Å². The van der Waals surface area contributed by atoms with Gasteiger partial charge >= 0.3 is 0 Å². The molecule has 0 amide bonds. The van der Waals surface area contributed by atoms with Crippen LogP contribution in [0.4, 0.5) is 5.82 Å². The van der Waals surface area contributed by atoms with Crippen LogP contribution in [-0.2, 0) is 7.05 Å². The van der Waals surface area contributed by atoms with Gasteiger partial charge < -0.3 is 0 Å². The number of hydrazone groups is 1. The summed E-state index contributed by atoms with van der Waals surface area (Å²) in [5.74, 6) is 0.595. The zero-order valence-corrected chi connectivity index (χ0v) is 11.2. The predicted molar refractivity (Wildman–Crippen MR) is 78.7 cm³/mol. The standard InChI is InChI=1S/C14H11N7/c1-21-14-12(8-19-21)13(16-9-17-14)20-18-7-11-4-2-10(6-15)3-5-11/h2-5,7-9H,1H3,(H,16,17,20)/b18-7-. The summed E-state index contributed by atoms with van der Waals surface area (Å²) in [6.07, 6.45) is 4.81. The highest BCUT2D eigenvalue weighted by molar-refractivity contribution is 5.87. The lowest BCUT2D eigenvalue weighted by molar-refractivity contribution is 0.785. The van der Waals surface area contributed by atoms with Crippen molar-refractivity contribution in [2.75, 3.05) is 5.43 Å². The third kappa shape index (κ3) is 2.55. The van der Waals surface area contributed by atoms with Gasteiger partial charge in [-0.2, -0.15) is 15.5 Å². The second kappa shape index (κ2) is 5.38. The summed E-state index contributed by atoms with van der Waals surface area (Å²) in [7, 11) is 1.82. The van der Waals surface area contributed by atoms with Gasteiger partial charge in [-0.05, 0) is 17.7 Å². The summed E-state index contributed by atoms with van der Waals surface area (Å²) in [6.45, 7) is 0. The Bertz CT molecular complexity index is 840. The molecular formula is C14H11N7. The molecule has 0 spiro atoms. The van der Waals surface area contributed by atoms with Gasteiger partial charge in [-0.15, -0.1) is 0 Å². The Morgan fingerprint density at radius 2 is 2.10 bits per heavy atom. The topological polar surface area (TPSA) is 91.8 Å². The molecule has 0 aliphatic heterocycles. The molecule has 0 saturated heterocycles. The zero-order chi connectivity index (χ0) is 14.7. The number of aromatic nitrogens is 4. The van der Waals surface area contributed by atoms with Gasteiger partial charge in [0.05, 0.1) is 29.4 Å². The van der Waals surface area contributed by atoms with E-state index in [0.29, 0.717) is 11.4 Å². The summed E-state index contributed by atoms with van der Waals surface area (Å²) in [5, 5.41) is 17.8. The number of benzene rings is 1. The van der Waals surface area contributed by atoms with Crippen molar-refractivity contribution in [3.05, 3.63) is 47.9 Å². The van der Waals surface area contributed by atoms with Crippen LogP contribution in [-0.4, -0.2) is 26.0 Å². The van der Waals surface area contributed by atoms with Crippen molar-refractivity contribution >= 4 is 23.1 Å². The second-order valence-corrected chi connectivity index (χ2v) is 4.33. The molecule has 3 aromatic rings. The molecule has 0 aliphatic rings. The van der Waals surface area contributed by atoms with Gasteiger partial charge in [0.1, 0.15) is 6.33 Å². The maximum atomic E-state index is 8.74. The van der Waals surface area contributed by atoms with Gasteiger partial charge in [-0.3, -0.25) is 10.1 Å². The van der Waals surface area contributed by atoms with Crippen molar-refractivity contribution in [1.29, 1.82) is 5.26 Å². The molecule has 0 radical (unpaired) electrons. The largest absolute Gasteiger partial charge is 0.261 e. The van der Waals surface area contributed by atoms with E-state index in [1.54, 1.807) is 29.2 Å². The molecule has 0 bridgehead atoms. The van der Waals surface area contributed by atoms with E-state index in [2.05, 4.69) is 31.7 Å². The van der Waals surface area contributed by atoms with Gasteiger partial charge in [0.2, 0.25) is 0 Å². The summed E-state index contributed by atoms with van der Waals surface area (Å²) in [6, 6.07) is 9.20. The molecule has 0 fully saturated rings. The molecule has 1 N–H and O–H groups in total. The van der Waals surface area contributed by atoms with E-state index in [4.69, 9.17) is 5.26 Å². The van der Waals surface area contributed by atoms with Crippen molar-refractivity contribution in [2.24, 2.45) is 12.1 Å². The van der Waals surface area contributed by atoms with Crippen LogP contribution in [0.2, 0.25) is 0 Å². The van der Waals surface area contributed by atoms with E-state index in [1.807, 2.05) is 19.2 Å². The van der Waals surface area contributed by atoms with Crippen LogP contribution in [0.25, 0.3) is 11.0 Å². The second-order valence-electron chi connectivity index (χ2n) is 4.33. The fraction of sp³-hybridized carbons (Fsp3) is 0.0714. The smallest absolute Gasteiger partial charge is 0.163 e. The summed E-state index contributed by atoms with van der Waals surface area (Å²) in [4.78, 5) is 8.30. The number of hydrogen-bond acceptors (Lipinski definition) is 6. The number of nitrogens with one attached hydrogen (secondary N) is 1. The average molecular weight is 277 g/mol. The lowest BCUT2D eigenvalue weighted by atomic mass is 10.2. The van der Waals surface area contributed by atoms with Crippen molar-refractivity contribution in [3.8, 4) is 6.07 Å². The van der Waals surface area contributed by atoms with Crippen LogP contribution in [0.3, 0.4) is 0 Å². The number of anilines is 1. The first-order chi connectivity index (χ1) is 10.3. The highest BCUT2D eigenvalue weighted by atomic mass is 15.3. The van der Waals surface area contributed by atoms with Gasteiger partial charge in [0, 0.05) is 7.05 Å². The van der Waals surface area contributed by atoms with E-state index in [1.165, 1.54) is 6.33 Å². The Hall–Kier alpha value is -3.27. The van der Waals surface area contributed by atoms with E-state index < -0.39 is 0 Å². The molecule has 7 nitrogen and oxygen atoms in total. The van der Waals surface area contributed by atoms with Crippen LogP contribution < -0.4 is 5.43 Å². The first-order valence-corrected chi connectivity index (χ1v) is 6.20. The number of fused-ring (bicyclic) bond motifs is 1. The molecule has 7 heteroatoms.